The molecular weight excluding hydrogens is 522 g/mol. The number of rotatable bonds is 5. The first-order valence-corrected chi connectivity index (χ1v) is 12.6. The molecule has 176 valence electrons. The van der Waals surface area contributed by atoms with E-state index in [-0.39, 0.29) is 0 Å². The van der Waals surface area contributed by atoms with Crippen molar-refractivity contribution in [1.82, 2.24) is 24.9 Å². The Bertz CT molecular complexity index is 1660. The number of benzene rings is 3. The summed E-state index contributed by atoms with van der Waals surface area (Å²) >= 11 is 3.67. The molecule has 0 spiro atoms. The summed E-state index contributed by atoms with van der Waals surface area (Å²) in [4.78, 5) is 23.1. The maximum Gasteiger partial charge on any atom is 0.164 e. The van der Waals surface area contributed by atoms with Crippen molar-refractivity contribution in [3.05, 3.63) is 126 Å². The average Bonchev–Trinajstić information content (AvgIpc) is 2.98. The fourth-order valence-electron chi connectivity index (χ4n) is 4.11. The second-order valence-corrected chi connectivity index (χ2v) is 9.38. The fourth-order valence-corrected chi connectivity index (χ4v) is 4.61. The van der Waals surface area contributed by atoms with E-state index >= 15 is 0 Å². The minimum absolute atomic E-state index is 0.603. The molecule has 0 amide bonds. The third-order valence-corrected chi connectivity index (χ3v) is 6.41. The van der Waals surface area contributed by atoms with Crippen LogP contribution < -0.4 is 0 Å². The summed E-state index contributed by atoms with van der Waals surface area (Å²) in [6.07, 6.45) is 7.25. The van der Waals surface area contributed by atoms with Crippen LogP contribution in [0.2, 0.25) is 0 Å². The predicted molar refractivity (Wildman–Crippen MR) is 150 cm³/mol. The van der Waals surface area contributed by atoms with Gasteiger partial charge in [0.2, 0.25) is 0 Å². The van der Waals surface area contributed by atoms with Crippen LogP contribution in [0.1, 0.15) is 0 Å². The first-order valence-electron chi connectivity index (χ1n) is 11.8. The van der Waals surface area contributed by atoms with Gasteiger partial charge in [0, 0.05) is 51.5 Å². The maximum absolute atomic E-state index is 4.91. The van der Waals surface area contributed by atoms with Crippen LogP contribution in [-0.2, 0) is 0 Å². The highest BCUT2D eigenvalue weighted by atomic mass is 79.9. The van der Waals surface area contributed by atoms with E-state index in [0.717, 1.165) is 43.4 Å². The van der Waals surface area contributed by atoms with E-state index in [2.05, 4.69) is 50.2 Å². The number of halogens is 1. The largest absolute Gasteiger partial charge is 0.264 e. The van der Waals surface area contributed by atoms with Crippen LogP contribution in [0.5, 0.6) is 0 Å². The molecule has 0 saturated carbocycles. The Morgan fingerprint density at radius 3 is 1.49 bits per heavy atom. The molecule has 0 bridgehead atoms. The van der Waals surface area contributed by atoms with E-state index in [1.165, 1.54) is 0 Å². The van der Waals surface area contributed by atoms with Crippen molar-refractivity contribution in [2.24, 2.45) is 0 Å². The van der Waals surface area contributed by atoms with E-state index in [9.17, 15) is 0 Å². The number of hydrogen-bond acceptors (Lipinski definition) is 5. The summed E-state index contributed by atoms with van der Waals surface area (Å²) in [7, 11) is 0. The van der Waals surface area contributed by atoms with Crippen molar-refractivity contribution in [1.29, 1.82) is 0 Å². The first kappa shape index (κ1) is 22.9. The molecule has 0 atom stereocenters. The van der Waals surface area contributed by atoms with Gasteiger partial charge in [0.25, 0.3) is 0 Å². The van der Waals surface area contributed by atoms with E-state index in [0.29, 0.717) is 17.5 Å². The summed E-state index contributed by atoms with van der Waals surface area (Å²) in [5.41, 5.74) is 6.93. The van der Waals surface area contributed by atoms with Crippen LogP contribution in [0.3, 0.4) is 0 Å². The molecule has 3 aromatic carbocycles. The van der Waals surface area contributed by atoms with Crippen molar-refractivity contribution in [2.45, 2.75) is 0 Å². The monoisotopic (exact) mass is 541 g/mol. The van der Waals surface area contributed by atoms with Crippen molar-refractivity contribution in [2.75, 3.05) is 0 Å². The highest BCUT2D eigenvalue weighted by molar-refractivity contribution is 9.10. The van der Waals surface area contributed by atoms with Gasteiger partial charge < -0.3 is 0 Å². The second-order valence-electron chi connectivity index (χ2n) is 8.46. The molecule has 5 nitrogen and oxygen atoms in total. The van der Waals surface area contributed by atoms with Crippen LogP contribution in [-0.4, -0.2) is 24.9 Å². The third-order valence-electron chi connectivity index (χ3n) is 5.96. The molecule has 0 unspecified atom stereocenters. The Balaban J connectivity index is 1.47. The van der Waals surface area contributed by atoms with E-state index in [1.54, 1.807) is 12.4 Å². The minimum Gasteiger partial charge on any atom is -0.264 e. The van der Waals surface area contributed by atoms with Crippen LogP contribution in [0, 0.1) is 0 Å². The van der Waals surface area contributed by atoms with Crippen molar-refractivity contribution in [3.8, 4) is 56.4 Å². The Hall–Kier alpha value is -4.55. The number of hydrogen-bond donors (Lipinski definition) is 0. The summed E-state index contributed by atoms with van der Waals surface area (Å²) in [5.74, 6) is 1.84. The van der Waals surface area contributed by atoms with Gasteiger partial charge in [0.15, 0.2) is 17.5 Å². The topological polar surface area (TPSA) is 64.5 Å². The quantitative estimate of drug-likeness (QED) is 0.223. The smallest absolute Gasteiger partial charge is 0.164 e. The summed E-state index contributed by atoms with van der Waals surface area (Å²) in [5, 5.41) is 0. The molecule has 6 heteroatoms. The SMILES string of the molecule is Brc1cc(-c2cccnc2)cc(-c2nc(-c3ccccc3)nc(-c3ccc(-c4cccnc4)cc3)n2)c1. The summed E-state index contributed by atoms with van der Waals surface area (Å²) in [6, 6.07) is 32.3. The predicted octanol–water partition coefficient (Wildman–Crippen LogP) is 7.76. The lowest BCUT2D eigenvalue weighted by Gasteiger charge is -2.11. The third kappa shape index (κ3) is 5.06. The number of pyridine rings is 2. The van der Waals surface area contributed by atoms with Gasteiger partial charge >= 0.3 is 0 Å². The zero-order valence-corrected chi connectivity index (χ0v) is 21.2. The van der Waals surface area contributed by atoms with Gasteiger partial charge in [-0.05, 0) is 47.0 Å². The van der Waals surface area contributed by atoms with E-state index < -0.39 is 0 Å². The molecule has 3 heterocycles. The molecule has 0 aliphatic rings. The van der Waals surface area contributed by atoms with E-state index in [4.69, 9.17) is 15.0 Å². The second kappa shape index (κ2) is 10.2. The van der Waals surface area contributed by atoms with Gasteiger partial charge in [-0.2, -0.15) is 0 Å². The molecule has 0 radical (unpaired) electrons. The van der Waals surface area contributed by atoms with Gasteiger partial charge in [-0.25, -0.2) is 15.0 Å². The Labute approximate surface area is 223 Å². The van der Waals surface area contributed by atoms with Crippen LogP contribution >= 0.6 is 15.9 Å². The molecule has 6 rings (SSSR count). The van der Waals surface area contributed by atoms with Crippen molar-refractivity contribution >= 4 is 15.9 Å². The lowest BCUT2D eigenvalue weighted by Crippen LogP contribution is -2.00. The van der Waals surface area contributed by atoms with Crippen LogP contribution in [0.4, 0.5) is 0 Å². The normalized spacial score (nSPS) is 10.8. The first-order chi connectivity index (χ1) is 18.2. The standard InChI is InChI=1S/C31H20BrN5/c32-28-17-26(25-9-5-15-34-20-25)16-27(18-28)31-36-29(22-6-2-1-3-7-22)35-30(37-31)23-12-10-21(11-13-23)24-8-4-14-33-19-24/h1-20H. The minimum atomic E-state index is 0.603. The Morgan fingerprint density at radius 2 is 0.892 bits per heavy atom. The lowest BCUT2D eigenvalue weighted by atomic mass is 10.0. The van der Waals surface area contributed by atoms with Crippen molar-refractivity contribution < 1.29 is 0 Å². The fraction of sp³-hybridized carbons (Fsp3) is 0. The Morgan fingerprint density at radius 1 is 0.405 bits per heavy atom. The van der Waals surface area contributed by atoms with Gasteiger partial charge in [-0.15, -0.1) is 0 Å². The van der Waals surface area contributed by atoms with Gasteiger partial charge in [-0.1, -0.05) is 82.7 Å². The molecule has 0 N–H and O–H groups in total. The maximum atomic E-state index is 4.91. The molecule has 0 fully saturated rings. The summed E-state index contributed by atoms with van der Waals surface area (Å²) in [6.45, 7) is 0. The molecule has 37 heavy (non-hydrogen) atoms. The number of aromatic nitrogens is 5. The van der Waals surface area contributed by atoms with Gasteiger partial charge in [-0.3, -0.25) is 9.97 Å². The number of nitrogens with zero attached hydrogens (tertiary/aromatic N) is 5. The molecule has 0 aliphatic carbocycles. The van der Waals surface area contributed by atoms with Crippen molar-refractivity contribution in [3.63, 3.8) is 0 Å². The van der Waals surface area contributed by atoms with E-state index in [1.807, 2.05) is 85.2 Å². The molecule has 6 aromatic rings. The zero-order chi connectivity index (χ0) is 25.0. The van der Waals surface area contributed by atoms with Gasteiger partial charge in [0.05, 0.1) is 0 Å². The molecule has 3 aromatic heterocycles. The lowest BCUT2D eigenvalue weighted by molar-refractivity contribution is 1.07. The molecular formula is C31H20BrN5. The van der Waals surface area contributed by atoms with Crippen LogP contribution in [0.25, 0.3) is 56.4 Å². The Kier molecular flexibility index (Phi) is 6.31. The summed E-state index contributed by atoms with van der Waals surface area (Å²) < 4.78 is 0.938. The molecule has 0 saturated heterocycles. The van der Waals surface area contributed by atoms with Crippen LogP contribution in [0.15, 0.2) is 126 Å². The zero-order valence-electron chi connectivity index (χ0n) is 19.7. The van der Waals surface area contributed by atoms with Gasteiger partial charge in [0.1, 0.15) is 0 Å². The highest BCUT2D eigenvalue weighted by Crippen LogP contribution is 2.31. The molecule has 0 aliphatic heterocycles. The highest BCUT2D eigenvalue weighted by Gasteiger charge is 2.14. The average molecular weight is 542 g/mol.